The number of nitrogens with one attached hydrogen (secondary N) is 1. The molecule has 2 aliphatic rings. The molecule has 3 aromatic rings. The normalized spacial score (nSPS) is 17.5. The summed E-state index contributed by atoms with van der Waals surface area (Å²) in [4.78, 5) is 31.0. The maximum Gasteiger partial charge on any atom is 0.413 e. The number of aromatic nitrogens is 3. The fourth-order valence-corrected chi connectivity index (χ4v) is 5.11. The van der Waals surface area contributed by atoms with Crippen molar-refractivity contribution in [3.8, 4) is 11.8 Å². The second kappa shape index (κ2) is 9.93. The van der Waals surface area contributed by atoms with Gasteiger partial charge >= 0.3 is 12.1 Å². The minimum atomic E-state index is -0.697. The Morgan fingerprint density at radius 2 is 1.89 bits per heavy atom. The lowest BCUT2D eigenvalue weighted by atomic mass is 9.81. The van der Waals surface area contributed by atoms with E-state index in [4.69, 9.17) is 4.74 Å². The number of hydrogen-bond donors (Lipinski definition) is 2. The van der Waals surface area contributed by atoms with Gasteiger partial charge in [0, 0.05) is 13.1 Å². The van der Waals surface area contributed by atoms with Gasteiger partial charge in [0.25, 0.3) is 0 Å². The molecule has 0 bridgehead atoms. The predicted octanol–water partition coefficient (Wildman–Crippen LogP) is 4.53. The van der Waals surface area contributed by atoms with Crippen LogP contribution in [0.5, 0.6) is 0 Å². The zero-order chi connectivity index (χ0) is 26.0. The molecule has 10 nitrogen and oxygen atoms in total. The van der Waals surface area contributed by atoms with Crippen LogP contribution in [0.3, 0.4) is 0 Å². The van der Waals surface area contributed by atoms with Crippen molar-refractivity contribution in [1.82, 2.24) is 14.8 Å². The zero-order valence-electron chi connectivity index (χ0n) is 20.5. The summed E-state index contributed by atoms with van der Waals surface area (Å²) in [7, 11) is 0. The van der Waals surface area contributed by atoms with Crippen LogP contribution in [0.2, 0.25) is 0 Å². The van der Waals surface area contributed by atoms with Gasteiger partial charge in [0.15, 0.2) is 5.82 Å². The minimum Gasteiger partial charge on any atom is -0.481 e. The summed E-state index contributed by atoms with van der Waals surface area (Å²) in [5, 5.41) is 26.0. The van der Waals surface area contributed by atoms with E-state index in [0.717, 1.165) is 50.2 Å². The van der Waals surface area contributed by atoms with Crippen LogP contribution in [0.15, 0.2) is 54.9 Å². The van der Waals surface area contributed by atoms with E-state index in [1.807, 2.05) is 48.5 Å². The summed E-state index contributed by atoms with van der Waals surface area (Å²) in [5.74, 6) is 0.548. The van der Waals surface area contributed by atoms with E-state index in [-0.39, 0.29) is 17.3 Å². The Bertz CT molecular complexity index is 1320. The van der Waals surface area contributed by atoms with Gasteiger partial charge < -0.3 is 14.7 Å². The number of hydrogen-bond acceptors (Lipinski definition) is 7. The number of rotatable bonds is 7. The molecule has 1 saturated heterocycles. The number of piperidine rings is 1. The topological polar surface area (TPSA) is 133 Å². The van der Waals surface area contributed by atoms with Crippen molar-refractivity contribution in [2.75, 3.05) is 23.3 Å². The van der Waals surface area contributed by atoms with Gasteiger partial charge in [-0.25, -0.2) is 14.5 Å². The molecule has 0 spiro atoms. The van der Waals surface area contributed by atoms with Gasteiger partial charge in [0.1, 0.15) is 23.6 Å². The van der Waals surface area contributed by atoms with E-state index in [1.54, 1.807) is 13.1 Å². The Hall–Kier alpha value is -4.39. The first-order chi connectivity index (χ1) is 17.9. The van der Waals surface area contributed by atoms with Crippen molar-refractivity contribution in [1.29, 1.82) is 5.26 Å². The monoisotopic (exact) mass is 500 g/mol. The summed E-state index contributed by atoms with van der Waals surface area (Å²) in [6.07, 6.45) is 5.07. The van der Waals surface area contributed by atoms with Crippen molar-refractivity contribution in [2.24, 2.45) is 11.3 Å². The second-order valence-corrected chi connectivity index (χ2v) is 9.61. The number of pyridine rings is 1. The van der Waals surface area contributed by atoms with Crippen LogP contribution in [0.25, 0.3) is 5.69 Å². The summed E-state index contributed by atoms with van der Waals surface area (Å²) in [6, 6.07) is 15.1. The van der Waals surface area contributed by atoms with Gasteiger partial charge in [-0.3, -0.25) is 10.1 Å². The van der Waals surface area contributed by atoms with Crippen LogP contribution in [-0.4, -0.2) is 45.0 Å². The fraction of sp³-hybridized carbons (Fsp3) is 0.370. The number of carboxylic acid groups (broad SMARTS) is 1. The average Bonchev–Trinajstić information content (AvgIpc) is 3.65. The van der Waals surface area contributed by atoms with E-state index in [9.17, 15) is 20.0 Å². The number of carbonyl (C=O) groups is 2. The number of amides is 1. The standard InChI is InChI=1S/C27H28N6O4/c1-18(19-5-3-2-4-6-19)37-26(36)31-24-20(15-28)16-30-33(24)22-7-8-23(29-17-22)32-13-9-21(10-14-32)27(11-12-27)25(34)35/h2-8,16-18,21H,9-14H2,1H3,(H,31,36)(H,34,35). The molecule has 10 heteroatoms. The first-order valence-corrected chi connectivity index (χ1v) is 12.4. The number of aliphatic carboxylic acids is 1. The van der Waals surface area contributed by atoms with E-state index in [1.165, 1.54) is 10.9 Å². The largest absolute Gasteiger partial charge is 0.481 e. The number of ether oxygens (including phenoxy) is 1. The highest BCUT2D eigenvalue weighted by molar-refractivity contribution is 5.86. The van der Waals surface area contributed by atoms with Crippen LogP contribution >= 0.6 is 0 Å². The molecule has 0 radical (unpaired) electrons. The Balaban J connectivity index is 1.26. The summed E-state index contributed by atoms with van der Waals surface area (Å²) < 4.78 is 6.93. The van der Waals surface area contributed by atoms with Gasteiger partial charge in [-0.15, -0.1) is 0 Å². The summed E-state index contributed by atoms with van der Waals surface area (Å²) >= 11 is 0. The number of carbonyl (C=O) groups excluding carboxylic acids is 1. The van der Waals surface area contributed by atoms with E-state index in [0.29, 0.717) is 5.69 Å². The van der Waals surface area contributed by atoms with Crippen molar-refractivity contribution >= 4 is 23.7 Å². The quantitative estimate of drug-likeness (QED) is 0.483. The third-order valence-electron chi connectivity index (χ3n) is 7.45. The number of carboxylic acids is 1. The molecule has 37 heavy (non-hydrogen) atoms. The molecule has 190 valence electrons. The van der Waals surface area contributed by atoms with Crippen LogP contribution in [0.1, 0.15) is 49.8 Å². The molecule has 1 atom stereocenters. The fourth-order valence-electron chi connectivity index (χ4n) is 5.11. The van der Waals surface area contributed by atoms with Crippen LogP contribution in [0, 0.1) is 22.7 Å². The molecule has 1 unspecified atom stereocenters. The molecule has 1 aliphatic heterocycles. The summed E-state index contributed by atoms with van der Waals surface area (Å²) in [5.41, 5.74) is 1.12. The van der Waals surface area contributed by atoms with Gasteiger partial charge in [-0.2, -0.15) is 10.4 Å². The van der Waals surface area contributed by atoms with Crippen molar-refractivity contribution in [3.05, 3.63) is 66.0 Å². The average molecular weight is 501 g/mol. The number of nitrogens with zero attached hydrogens (tertiary/aromatic N) is 5. The zero-order valence-corrected chi connectivity index (χ0v) is 20.5. The highest BCUT2D eigenvalue weighted by Crippen LogP contribution is 2.55. The van der Waals surface area contributed by atoms with Gasteiger partial charge in [0.05, 0.1) is 23.5 Å². The van der Waals surface area contributed by atoms with Crippen LogP contribution in [0.4, 0.5) is 16.4 Å². The van der Waals surface area contributed by atoms with E-state index < -0.39 is 23.6 Å². The molecule has 2 N–H and O–H groups in total. The molecular weight excluding hydrogens is 472 g/mol. The lowest BCUT2D eigenvalue weighted by Crippen LogP contribution is -2.39. The Morgan fingerprint density at radius 1 is 1.16 bits per heavy atom. The molecule has 3 heterocycles. The molecule has 5 rings (SSSR count). The third-order valence-corrected chi connectivity index (χ3v) is 7.45. The van der Waals surface area contributed by atoms with Gasteiger partial charge in [0.2, 0.25) is 0 Å². The van der Waals surface area contributed by atoms with Crippen LogP contribution in [-0.2, 0) is 9.53 Å². The van der Waals surface area contributed by atoms with E-state index >= 15 is 0 Å². The Kier molecular flexibility index (Phi) is 6.53. The molecule has 2 fully saturated rings. The smallest absolute Gasteiger partial charge is 0.413 e. The lowest BCUT2D eigenvalue weighted by molar-refractivity contribution is -0.146. The molecule has 1 amide bonds. The number of anilines is 2. The summed E-state index contributed by atoms with van der Waals surface area (Å²) in [6.45, 7) is 3.28. The minimum absolute atomic E-state index is 0.197. The first-order valence-electron chi connectivity index (χ1n) is 12.4. The highest BCUT2D eigenvalue weighted by Gasteiger charge is 2.56. The third kappa shape index (κ3) is 4.85. The van der Waals surface area contributed by atoms with Crippen molar-refractivity contribution in [3.63, 3.8) is 0 Å². The van der Waals surface area contributed by atoms with Crippen molar-refractivity contribution < 1.29 is 19.4 Å². The van der Waals surface area contributed by atoms with E-state index in [2.05, 4.69) is 20.3 Å². The molecule has 1 aromatic carbocycles. The number of nitriles is 1. The van der Waals surface area contributed by atoms with Gasteiger partial charge in [-0.05, 0) is 56.2 Å². The molecule has 1 aliphatic carbocycles. The second-order valence-electron chi connectivity index (χ2n) is 9.61. The molecule has 1 saturated carbocycles. The Labute approximate surface area is 214 Å². The maximum atomic E-state index is 12.6. The van der Waals surface area contributed by atoms with Crippen LogP contribution < -0.4 is 10.2 Å². The lowest BCUT2D eigenvalue weighted by Gasteiger charge is -2.35. The number of benzene rings is 1. The van der Waals surface area contributed by atoms with Gasteiger partial charge in [-0.1, -0.05) is 30.3 Å². The maximum absolute atomic E-state index is 12.6. The first kappa shape index (κ1) is 24.3. The van der Waals surface area contributed by atoms with Crippen molar-refractivity contribution in [2.45, 2.75) is 38.7 Å². The predicted molar refractivity (Wildman–Crippen MR) is 135 cm³/mol. The molecular formula is C27H28N6O4. The molecule has 2 aromatic heterocycles. The Morgan fingerprint density at radius 3 is 2.49 bits per heavy atom. The SMILES string of the molecule is CC(OC(=O)Nc1c(C#N)cnn1-c1ccc(N2CCC(C3(C(=O)O)CC3)CC2)nc1)c1ccccc1. The highest BCUT2D eigenvalue weighted by atomic mass is 16.6.